The number of rotatable bonds is 4. The Morgan fingerprint density at radius 2 is 2.29 bits per heavy atom. The second-order valence-electron chi connectivity index (χ2n) is 2.81. The molecule has 14 heavy (non-hydrogen) atoms. The lowest BCUT2D eigenvalue weighted by Crippen LogP contribution is -2.21. The average Bonchev–Trinajstić information content (AvgIpc) is 2.57. The van der Waals surface area contributed by atoms with E-state index >= 15 is 0 Å². The zero-order valence-corrected chi connectivity index (χ0v) is 8.15. The number of furan rings is 1. The van der Waals surface area contributed by atoms with Gasteiger partial charge < -0.3 is 9.15 Å². The SMILES string of the molecule is CCOC(=O)C(C(C)=O)c1ccco1. The molecule has 4 heteroatoms. The second-order valence-corrected chi connectivity index (χ2v) is 2.81. The molecule has 1 atom stereocenters. The van der Waals surface area contributed by atoms with Crippen LogP contribution >= 0.6 is 0 Å². The molecule has 1 rings (SSSR count). The highest BCUT2D eigenvalue weighted by Gasteiger charge is 2.28. The first-order valence-corrected chi connectivity index (χ1v) is 4.37. The quantitative estimate of drug-likeness (QED) is 0.541. The van der Waals surface area contributed by atoms with Crippen molar-refractivity contribution in [2.24, 2.45) is 0 Å². The van der Waals surface area contributed by atoms with Gasteiger partial charge in [0.25, 0.3) is 0 Å². The summed E-state index contributed by atoms with van der Waals surface area (Å²) in [6.07, 6.45) is 1.42. The third-order valence-electron chi connectivity index (χ3n) is 1.76. The van der Waals surface area contributed by atoms with Crippen LogP contribution in [-0.2, 0) is 14.3 Å². The van der Waals surface area contributed by atoms with Crippen molar-refractivity contribution < 1.29 is 18.7 Å². The minimum absolute atomic E-state index is 0.253. The molecule has 0 aromatic carbocycles. The van der Waals surface area contributed by atoms with Crippen molar-refractivity contribution in [2.45, 2.75) is 19.8 Å². The highest BCUT2D eigenvalue weighted by atomic mass is 16.5. The lowest BCUT2D eigenvalue weighted by atomic mass is 10.0. The van der Waals surface area contributed by atoms with E-state index in [4.69, 9.17) is 9.15 Å². The van der Waals surface area contributed by atoms with Gasteiger partial charge in [-0.05, 0) is 26.0 Å². The topological polar surface area (TPSA) is 56.5 Å². The van der Waals surface area contributed by atoms with E-state index in [1.54, 1.807) is 19.1 Å². The van der Waals surface area contributed by atoms with E-state index in [9.17, 15) is 9.59 Å². The molecular formula is C10H12O4. The Morgan fingerprint density at radius 1 is 1.57 bits per heavy atom. The first kappa shape index (κ1) is 10.5. The van der Waals surface area contributed by atoms with Crippen molar-refractivity contribution in [3.8, 4) is 0 Å². The molecule has 0 aliphatic heterocycles. The first-order valence-electron chi connectivity index (χ1n) is 4.37. The van der Waals surface area contributed by atoms with Crippen molar-refractivity contribution in [3.63, 3.8) is 0 Å². The normalized spacial score (nSPS) is 12.1. The van der Waals surface area contributed by atoms with Crippen LogP contribution in [-0.4, -0.2) is 18.4 Å². The monoisotopic (exact) mass is 196 g/mol. The molecule has 0 amide bonds. The summed E-state index contributed by atoms with van der Waals surface area (Å²) in [6, 6.07) is 3.22. The Kier molecular flexibility index (Phi) is 3.45. The summed E-state index contributed by atoms with van der Waals surface area (Å²) in [6.45, 7) is 3.28. The maximum Gasteiger partial charge on any atom is 0.324 e. The maximum atomic E-state index is 11.4. The smallest absolute Gasteiger partial charge is 0.324 e. The Bertz CT molecular complexity index is 313. The van der Waals surface area contributed by atoms with Gasteiger partial charge in [-0.1, -0.05) is 0 Å². The number of ether oxygens (including phenoxy) is 1. The number of carbonyl (C=O) groups excluding carboxylic acids is 2. The molecule has 1 aromatic rings. The maximum absolute atomic E-state index is 11.4. The second kappa shape index (κ2) is 4.60. The molecule has 1 heterocycles. The Labute approximate surface area is 81.9 Å². The molecular weight excluding hydrogens is 184 g/mol. The fraction of sp³-hybridized carbons (Fsp3) is 0.400. The van der Waals surface area contributed by atoms with Gasteiger partial charge in [0.2, 0.25) is 0 Å². The van der Waals surface area contributed by atoms with Gasteiger partial charge in [0.05, 0.1) is 12.9 Å². The summed E-state index contributed by atoms with van der Waals surface area (Å²) >= 11 is 0. The number of carbonyl (C=O) groups is 2. The van der Waals surface area contributed by atoms with E-state index in [0.29, 0.717) is 5.76 Å². The zero-order chi connectivity index (χ0) is 10.6. The fourth-order valence-electron chi connectivity index (χ4n) is 1.16. The van der Waals surface area contributed by atoms with Crippen molar-refractivity contribution in [3.05, 3.63) is 24.2 Å². The first-order chi connectivity index (χ1) is 6.66. The van der Waals surface area contributed by atoms with Crippen molar-refractivity contribution in [1.29, 1.82) is 0 Å². The van der Waals surface area contributed by atoms with Gasteiger partial charge in [0, 0.05) is 0 Å². The third kappa shape index (κ3) is 2.22. The summed E-state index contributed by atoms with van der Waals surface area (Å²) in [5.74, 6) is -1.44. The third-order valence-corrected chi connectivity index (χ3v) is 1.76. The zero-order valence-electron chi connectivity index (χ0n) is 8.15. The molecule has 0 aliphatic rings. The van der Waals surface area contributed by atoms with Gasteiger partial charge in [-0.3, -0.25) is 9.59 Å². The molecule has 0 saturated carbocycles. The molecule has 0 aliphatic carbocycles. The lowest BCUT2D eigenvalue weighted by Gasteiger charge is -2.09. The largest absolute Gasteiger partial charge is 0.468 e. The van der Waals surface area contributed by atoms with Crippen LogP contribution in [0.3, 0.4) is 0 Å². The Morgan fingerprint density at radius 3 is 2.71 bits per heavy atom. The van der Waals surface area contributed by atoms with E-state index in [0.717, 1.165) is 0 Å². The van der Waals surface area contributed by atoms with Crippen LogP contribution in [0, 0.1) is 0 Å². The molecule has 0 spiro atoms. The summed E-state index contributed by atoms with van der Waals surface area (Å²) in [4.78, 5) is 22.6. The van der Waals surface area contributed by atoms with Crippen molar-refractivity contribution >= 4 is 11.8 Å². The van der Waals surface area contributed by atoms with Gasteiger partial charge in [0.15, 0.2) is 11.7 Å². The number of ketones is 1. The van der Waals surface area contributed by atoms with E-state index in [2.05, 4.69) is 0 Å². The van der Waals surface area contributed by atoms with Gasteiger partial charge in [-0.15, -0.1) is 0 Å². The van der Waals surface area contributed by atoms with Gasteiger partial charge >= 0.3 is 5.97 Å². The minimum Gasteiger partial charge on any atom is -0.468 e. The molecule has 0 radical (unpaired) electrons. The summed E-state index contributed by atoms with van der Waals surface area (Å²) in [5, 5.41) is 0. The molecule has 0 saturated heterocycles. The van der Waals surface area contributed by atoms with E-state index in [1.165, 1.54) is 13.2 Å². The standard InChI is InChI=1S/C10H12O4/c1-3-13-10(12)9(7(2)11)8-5-4-6-14-8/h4-6,9H,3H2,1-2H3. The Hall–Kier alpha value is -1.58. The van der Waals surface area contributed by atoms with E-state index in [1.807, 2.05) is 0 Å². The predicted molar refractivity (Wildman–Crippen MR) is 48.8 cm³/mol. The van der Waals surface area contributed by atoms with Gasteiger partial charge in [-0.25, -0.2) is 0 Å². The number of hydrogen-bond donors (Lipinski definition) is 0. The van der Waals surface area contributed by atoms with Gasteiger partial charge in [-0.2, -0.15) is 0 Å². The van der Waals surface area contributed by atoms with Crippen LogP contribution in [0.5, 0.6) is 0 Å². The number of Topliss-reactive ketones (excluding diaryl/α,β-unsaturated/α-hetero) is 1. The van der Waals surface area contributed by atoms with Crippen molar-refractivity contribution in [2.75, 3.05) is 6.61 Å². The summed E-state index contributed by atoms with van der Waals surface area (Å²) in [7, 11) is 0. The van der Waals surface area contributed by atoms with Crippen LogP contribution in [0.1, 0.15) is 25.5 Å². The van der Waals surface area contributed by atoms with Crippen LogP contribution in [0.15, 0.2) is 22.8 Å². The predicted octanol–water partition coefficient (Wildman–Crippen LogP) is 1.52. The van der Waals surface area contributed by atoms with Gasteiger partial charge in [0.1, 0.15) is 5.76 Å². The highest BCUT2D eigenvalue weighted by Crippen LogP contribution is 2.18. The summed E-state index contributed by atoms with van der Waals surface area (Å²) < 4.78 is 9.77. The minimum atomic E-state index is -0.926. The van der Waals surface area contributed by atoms with E-state index < -0.39 is 11.9 Å². The molecule has 0 bridgehead atoms. The van der Waals surface area contributed by atoms with Crippen molar-refractivity contribution in [1.82, 2.24) is 0 Å². The lowest BCUT2D eigenvalue weighted by molar-refractivity contribution is -0.148. The Balaban J connectivity index is 2.85. The summed E-state index contributed by atoms with van der Waals surface area (Å²) in [5.41, 5.74) is 0. The number of esters is 1. The average molecular weight is 196 g/mol. The fourth-order valence-corrected chi connectivity index (χ4v) is 1.16. The molecule has 0 fully saturated rings. The molecule has 1 aromatic heterocycles. The molecule has 76 valence electrons. The van der Waals surface area contributed by atoms with Crippen LogP contribution < -0.4 is 0 Å². The molecule has 4 nitrogen and oxygen atoms in total. The van der Waals surface area contributed by atoms with Crippen LogP contribution in [0.2, 0.25) is 0 Å². The molecule has 1 unspecified atom stereocenters. The highest BCUT2D eigenvalue weighted by molar-refractivity contribution is 6.02. The van der Waals surface area contributed by atoms with Crippen LogP contribution in [0.25, 0.3) is 0 Å². The number of hydrogen-bond acceptors (Lipinski definition) is 4. The van der Waals surface area contributed by atoms with E-state index in [-0.39, 0.29) is 12.4 Å². The van der Waals surface area contributed by atoms with Crippen LogP contribution in [0.4, 0.5) is 0 Å². The molecule has 0 N–H and O–H groups in total.